The Labute approximate surface area is 135 Å². The van der Waals surface area contributed by atoms with E-state index in [-0.39, 0.29) is 17.3 Å². The van der Waals surface area contributed by atoms with Crippen molar-refractivity contribution in [2.75, 3.05) is 11.4 Å². The van der Waals surface area contributed by atoms with Gasteiger partial charge in [-0.3, -0.25) is 14.5 Å². The molecule has 1 aromatic carbocycles. The van der Waals surface area contributed by atoms with Crippen LogP contribution >= 0.6 is 11.8 Å². The smallest absolute Gasteiger partial charge is 0.241 e. The molecular formula is C17H22N2O2S. The van der Waals surface area contributed by atoms with E-state index in [1.165, 1.54) is 0 Å². The van der Waals surface area contributed by atoms with Crippen LogP contribution in [0.1, 0.15) is 33.6 Å². The van der Waals surface area contributed by atoms with E-state index >= 15 is 0 Å². The van der Waals surface area contributed by atoms with E-state index < -0.39 is 5.92 Å². The quantitative estimate of drug-likeness (QED) is 0.800. The molecule has 4 nitrogen and oxygen atoms in total. The normalized spacial score (nSPS) is 24.0. The van der Waals surface area contributed by atoms with Crippen LogP contribution in [0.15, 0.2) is 29.2 Å². The van der Waals surface area contributed by atoms with Gasteiger partial charge in [0.2, 0.25) is 11.8 Å². The molecule has 118 valence electrons. The van der Waals surface area contributed by atoms with Gasteiger partial charge in [0.1, 0.15) is 5.92 Å². The zero-order chi connectivity index (χ0) is 15.9. The zero-order valence-corrected chi connectivity index (χ0v) is 14.1. The van der Waals surface area contributed by atoms with Crippen LogP contribution < -0.4 is 4.90 Å². The minimum atomic E-state index is -0.522. The van der Waals surface area contributed by atoms with Gasteiger partial charge >= 0.3 is 0 Å². The Hall–Kier alpha value is -1.49. The Morgan fingerprint density at radius 3 is 2.59 bits per heavy atom. The molecule has 0 saturated carbocycles. The summed E-state index contributed by atoms with van der Waals surface area (Å²) >= 11 is 1.61. The van der Waals surface area contributed by atoms with E-state index in [1.54, 1.807) is 11.8 Å². The second-order valence-electron chi connectivity index (χ2n) is 6.35. The molecule has 5 heteroatoms. The van der Waals surface area contributed by atoms with Crippen molar-refractivity contribution in [2.45, 2.75) is 44.0 Å². The number of thioether (sulfide) groups is 1. The third-order valence-electron chi connectivity index (χ3n) is 4.10. The number of anilines is 1. The molecule has 2 aliphatic rings. The standard InChI is InChI=1S/C17H22N2O2S/c1-4-7-12-15(20)18(10-11(2)3)17-19(16(12)21)13-8-5-6-9-14(13)22-17/h5-6,8-9,11-12,17H,4,7,10H2,1-3H3. The molecule has 2 heterocycles. The number of amides is 2. The van der Waals surface area contributed by atoms with Crippen molar-refractivity contribution >= 4 is 29.3 Å². The first kappa shape index (κ1) is 15.4. The fraction of sp³-hybridized carbons (Fsp3) is 0.529. The van der Waals surface area contributed by atoms with Gasteiger partial charge in [-0.15, -0.1) is 0 Å². The van der Waals surface area contributed by atoms with Crippen LogP contribution in [0.3, 0.4) is 0 Å². The Morgan fingerprint density at radius 1 is 1.18 bits per heavy atom. The predicted molar refractivity (Wildman–Crippen MR) is 88.5 cm³/mol. The average Bonchev–Trinajstić information content (AvgIpc) is 2.87. The van der Waals surface area contributed by atoms with E-state index in [4.69, 9.17) is 0 Å². The van der Waals surface area contributed by atoms with E-state index in [2.05, 4.69) is 13.8 Å². The maximum Gasteiger partial charge on any atom is 0.241 e. The van der Waals surface area contributed by atoms with Gasteiger partial charge in [-0.2, -0.15) is 0 Å². The van der Waals surface area contributed by atoms with Gasteiger partial charge in [0.15, 0.2) is 5.50 Å². The Morgan fingerprint density at radius 2 is 1.91 bits per heavy atom. The van der Waals surface area contributed by atoms with Gasteiger partial charge in [-0.05, 0) is 24.5 Å². The highest BCUT2D eigenvalue weighted by Crippen LogP contribution is 2.47. The lowest BCUT2D eigenvalue weighted by Crippen LogP contribution is -2.61. The largest absolute Gasteiger partial charge is 0.312 e. The average molecular weight is 318 g/mol. The third-order valence-corrected chi connectivity index (χ3v) is 5.38. The van der Waals surface area contributed by atoms with Crippen LogP contribution in [-0.2, 0) is 9.59 Å². The SMILES string of the molecule is CCCC1C(=O)N(CC(C)C)C2Sc3ccccc3N2C1=O. The van der Waals surface area contributed by atoms with Crippen LogP contribution in [0.25, 0.3) is 0 Å². The fourth-order valence-corrected chi connectivity index (χ4v) is 4.47. The molecule has 3 rings (SSSR count). The molecule has 2 amide bonds. The Bertz CT molecular complexity index is 602. The van der Waals surface area contributed by atoms with E-state index in [1.807, 2.05) is 41.0 Å². The highest BCUT2D eigenvalue weighted by atomic mass is 32.2. The number of carbonyl (C=O) groups is 2. The summed E-state index contributed by atoms with van der Waals surface area (Å²) in [6.45, 7) is 6.92. The van der Waals surface area contributed by atoms with Crippen molar-refractivity contribution in [3.63, 3.8) is 0 Å². The van der Waals surface area contributed by atoms with Gasteiger partial charge in [-0.1, -0.05) is 51.1 Å². The molecule has 1 aromatic rings. The molecule has 2 atom stereocenters. The van der Waals surface area contributed by atoms with Crippen molar-refractivity contribution in [3.05, 3.63) is 24.3 Å². The molecule has 0 bridgehead atoms. The monoisotopic (exact) mass is 318 g/mol. The van der Waals surface area contributed by atoms with Crippen LogP contribution in [-0.4, -0.2) is 28.8 Å². The van der Waals surface area contributed by atoms with Gasteiger partial charge < -0.3 is 4.90 Å². The number of hydrogen-bond donors (Lipinski definition) is 0. The van der Waals surface area contributed by atoms with E-state index in [9.17, 15) is 9.59 Å². The molecule has 1 saturated heterocycles. The molecule has 0 N–H and O–H groups in total. The highest BCUT2D eigenvalue weighted by molar-refractivity contribution is 8.00. The number of fused-ring (bicyclic) bond motifs is 3. The molecule has 0 radical (unpaired) electrons. The molecule has 2 unspecified atom stereocenters. The van der Waals surface area contributed by atoms with Crippen LogP contribution in [0, 0.1) is 11.8 Å². The van der Waals surface area contributed by atoms with Gasteiger partial charge in [-0.25, -0.2) is 0 Å². The molecule has 2 aliphatic heterocycles. The minimum absolute atomic E-state index is 0.00195. The van der Waals surface area contributed by atoms with Crippen molar-refractivity contribution in [3.8, 4) is 0 Å². The second kappa shape index (κ2) is 5.95. The summed E-state index contributed by atoms with van der Waals surface area (Å²) in [7, 11) is 0. The fourth-order valence-electron chi connectivity index (χ4n) is 3.16. The summed E-state index contributed by atoms with van der Waals surface area (Å²) < 4.78 is 0. The molecule has 0 aromatic heterocycles. The predicted octanol–water partition coefficient (Wildman–Crippen LogP) is 3.32. The van der Waals surface area contributed by atoms with Crippen molar-refractivity contribution in [2.24, 2.45) is 11.8 Å². The third kappa shape index (κ3) is 2.41. The van der Waals surface area contributed by atoms with Gasteiger partial charge in [0, 0.05) is 11.4 Å². The first-order chi connectivity index (χ1) is 10.5. The molecule has 0 aliphatic carbocycles. The van der Waals surface area contributed by atoms with Crippen LogP contribution in [0.5, 0.6) is 0 Å². The number of benzene rings is 1. The van der Waals surface area contributed by atoms with Crippen LogP contribution in [0.2, 0.25) is 0 Å². The van der Waals surface area contributed by atoms with Gasteiger partial charge in [0.05, 0.1) is 5.69 Å². The minimum Gasteiger partial charge on any atom is -0.312 e. The van der Waals surface area contributed by atoms with E-state index in [0.29, 0.717) is 18.9 Å². The summed E-state index contributed by atoms with van der Waals surface area (Å²) in [5.74, 6) is -0.172. The summed E-state index contributed by atoms with van der Waals surface area (Å²) in [6.07, 6.45) is 1.47. The van der Waals surface area contributed by atoms with Crippen molar-refractivity contribution < 1.29 is 9.59 Å². The number of para-hydroxylation sites is 1. The van der Waals surface area contributed by atoms with Crippen molar-refractivity contribution in [1.82, 2.24) is 4.90 Å². The second-order valence-corrected chi connectivity index (χ2v) is 7.44. The number of carbonyl (C=O) groups excluding carboxylic acids is 2. The molecule has 0 spiro atoms. The van der Waals surface area contributed by atoms with Crippen LogP contribution in [0.4, 0.5) is 5.69 Å². The summed E-state index contributed by atoms with van der Waals surface area (Å²) in [5, 5.41) is 0. The number of hydrogen-bond acceptors (Lipinski definition) is 3. The maximum atomic E-state index is 12.9. The number of nitrogens with zero attached hydrogens (tertiary/aromatic N) is 2. The maximum absolute atomic E-state index is 12.9. The van der Waals surface area contributed by atoms with Gasteiger partial charge in [0.25, 0.3) is 0 Å². The lowest BCUT2D eigenvalue weighted by atomic mass is 9.97. The summed E-state index contributed by atoms with van der Waals surface area (Å²) in [5.41, 5.74) is 0.734. The lowest BCUT2D eigenvalue weighted by Gasteiger charge is -2.42. The molecule has 1 fully saturated rings. The highest BCUT2D eigenvalue weighted by Gasteiger charge is 2.49. The number of rotatable bonds is 4. The summed E-state index contributed by atoms with van der Waals surface area (Å²) in [6, 6.07) is 7.94. The zero-order valence-electron chi connectivity index (χ0n) is 13.3. The summed E-state index contributed by atoms with van der Waals surface area (Å²) in [4.78, 5) is 30.5. The first-order valence-electron chi connectivity index (χ1n) is 7.93. The Balaban J connectivity index is 2.01. The first-order valence-corrected chi connectivity index (χ1v) is 8.81. The topological polar surface area (TPSA) is 40.6 Å². The van der Waals surface area contributed by atoms with E-state index in [0.717, 1.165) is 17.0 Å². The Kier molecular flexibility index (Phi) is 4.17. The van der Waals surface area contributed by atoms with Crippen molar-refractivity contribution in [1.29, 1.82) is 0 Å². The lowest BCUT2D eigenvalue weighted by molar-refractivity contribution is -0.147. The molecule has 22 heavy (non-hydrogen) atoms. The molecular weight excluding hydrogens is 296 g/mol.